The maximum atomic E-state index is 13.4. The summed E-state index contributed by atoms with van der Waals surface area (Å²) < 4.78 is 12.2. The third-order valence-electron chi connectivity index (χ3n) is 5.20. The van der Waals surface area contributed by atoms with E-state index in [9.17, 15) is 9.59 Å². The average molecular weight is 457 g/mol. The van der Waals surface area contributed by atoms with E-state index in [1.807, 2.05) is 67.8 Å². The van der Waals surface area contributed by atoms with Gasteiger partial charge in [0.25, 0.3) is 0 Å². The first kappa shape index (κ1) is 22.5. The zero-order valence-corrected chi connectivity index (χ0v) is 19.6. The maximum absolute atomic E-state index is 13.4. The van der Waals surface area contributed by atoms with Gasteiger partial charge in [0.05, 0.1) is 5.39 Å². The minimum Gasteiger partial charge on any atom is -0.489 e. The normalized spacial score (nSPS) is 11.1. The summed E-state index contributed by atoms with van der Waals surface area (Å²) in [4.78, 5) is 27.6. The van der Waals surface area contributed by atoms with Crippen molar-refractivity contribution in [2.24, 2.45) is 0 Å². The molecule has 0 aliphatic rings. The topological polar surface area (TPSA) is 56.5 Å². The van der Waals surface area contributed by atoms with Gasteiger partial charge >= 0.3 is 0 Å². The molecule has 0 fully saturated rings. The first-order chi connectivity index (χ1) is 16.0. The van der Waals surface area contributed by atoms with Gasteiger partial charge in [-0.3, -0.25) is 9.59 Å². The second-order valence-electron chi connectivity index (χ2n) is 7.87. The third-order valence-corrected chi connectivity index (χ3v) is 6.04. The molecule has 0 saturated heterocycles. The van der Waals surface area contributed by atoms with Crippen LogP contribution in [0.5, 0.6) is 5.75 Å². The molecule has 2 heterocycles. The summed E-state index contributed by atoms with van der Waals surface area (Å²) in [5, 5.41) is 2.30. The number of carbonyl (C=O) groups excluding carboxylic acids is 1. The molecule has 0 radical (unpaired) electrons. The first-order valence-corrected chi connectivity index (χ1v) is 11.5. The van der Waals surface area contributed by atoms with Crippen LogP contribution in [0, 0.1) is 6.92 Å². The number of carbonyl (C=O) groups is 1. The summed E-state index contributed by atoms with van der Waals surface area (Å²) in [6.07, 6.45) is 5.19. The van der Waals surface area contributed by atoms with Gasteiger partial charge in [-0.25, -0.2) is 0 Å². The zero-order chi connectivity index (χ0) is 23.4. The van der Waals surface area contributed by atoms with Crippen LogP contribution in [-0.2, 0) is 0 Å². The fourth-order valence-corrected chi connectivity index (χ4v) is 4.10. The molecule has 4 aromatic rings. The summed E-state index contributed by atoms with van der Waals surface area (Å²) >= 11 is 1.54. The van der Waals surface area contributed by atoms with Crippen molar-refractivity contribution in [3.63, 3.8) is 0 Å². The quantitative estimate of drug-likeness (QED) is 0.169. The number of thiophene rings is 1. The minimum absolute atomic E-state index is 0.165. The summed E-state index contributed by atoms with van der Waals surface area (Å²) in [7, 11) is 0. The lowest BCUT2D eigenvalue weighted by atomic mass is 10.0. The molecule has 4 nitrogen and oxygen atoms in total. The minimum atomic E-state index is -0.285. The number of benzene rings is 2. The molecule has 0 atom stereocenters. The Kier molecular flexibility index (Phi) is 6.71. The number of hydrogen-bond acceptors (Lipinski definition) is 5. The monoisotopic (exact) mass is 456 g/mol. The Balaban J connectivity index is 1.92. The molecular formula is C28H24O4S. The molecule has 33 heavy (non-hydrogen) atoms. The SMILES string of the molecule is CC(C)=CCOc1ccc2c(=O)c(C)c(-c3ccccc3)oc2c1C(=O)/C=C/c1cccs1. The predicted octanol–water partition coefficient (Wildman–Crippen LogP) is 7.07. The van der Waals surface area contributed by atoms with Crippen LogP contribution in [0.25, 0.3) is 28.4 Å². The van der Waals surface area contributed by atoms with E-state index in [1.165, 1.54) is 17.4 Å². The van der Waals surface area contributed by atoms with Crippen molar-refractivity contribution in [3.8, 4) is 17.1 Å². The van der Waals surface area contributed by atoms with Crippen molar-refractivity contribution in [3.05, 3.63) is 104 Å². The molecule has 0 aliphatic carbocycles. The van der Waals surface area contributed by atoms with Crippen LogP contribution in [0.4, 0.5) is 0 Å². The van der Waals surface area contributed by atoms with Gasteiger partial charge in [-0.15, -0.1) is 11.3 Å². The molecule has 0 bridgehead atoms. The fourth-order valence-electron chi connectivity index (χ4n) is 3.48. The van der Waals surface area contributed by atoms with E-state index in [0.717, 1.165) is 16.0 Å². The van der Waals surface area contributed by atoms with E-state index in [2.05, 4.69) is 0 Å². The maximum Gasteiger partial charge on any atom is 0.196 e. The van der Waals surface area contributed by atoms with Crippen molar-refractivity contribution < 1.29 is 13.9 Å². The highest BCUT2D eigenvalue weighted by Gasteiger charge is 2.21. The van der Waals surface area contributed by atoms with Gasteiger partial charge in [0.1, 0.15) is 23.7 Å². The summed E-state index contributed by atoms with van der Waals surface area (Å²) in [5.74, 6) is 0.546. The Morgan fingerprint density at radius 1 is 1.06 bits per heavy atom. The molecule has 0 aliphatic heterocycles. The average Bonchev–Trinajstić information content (AvgIpc) is 3.33. The van der Waals surface area contributed by atoms with Crippen molar-refractivity contribution in [1.82, 2.24) is 0 Å². The van der Waals surface area contributed by atoms with E-state index in [4.69, 9.17) is 9.15 Å². The van der Waals surface area contributed by atoms with Gasteiger partial charge < -0.3 is 9.15 Å². The summed E-state index contributed by atoms with van der Waals surface area (Å²) in [6.45, 7) is 6.01. The second-order valence-corrected chi connectivity index (χ2v) is 8.85. The lowest BCUT2D eigenvalue weighted by Crippen LogP contribution is -2.11. The van der Waals surface area contributed by atoms with Gasteiger partial charge in [-0.05, 0) is 62.6 Å². The smallest absolute Gasteiger partial charge is 0.196 e. The van der Waals surface area contributed by atoms with Crippen LogP contribution in [0.3, 0.4) is 0 Å². The number of rotatable bonds is 7. The lowest BCUT2D eigenvalue weighted by molar-refractivity contribution is 0.104. The molecule has 0 saturated carbocycles. The molecule has 5 heteroatoms. The van der Waals surface area contributed by atoms with E-state index in [1.54, 1.807) is 25.1 Å². The Morgan fingerprint density at radius 3 is 2.55 bits per heavy atom. The van der Waals surface area contributed by atoms with E-state index < -0.39 is 0 Å². The van der Waals surface area contributed by atoms with Crippen LogP contribution in [-0.4, -0.2) is 12.4 Å². The van der Waals surface area contributed by atoms with Crippen molar-refractivity contribution in [2.75, 3.05) is 6.61 Å². The number of ketones is 1. The molecule has 0 amide bonds. The Morgan fingerprint density at radius 2 is 1.85 bits per heavy atom. The van der Waals surface area contributed by atoms with E-state index in [-0.39, 0.29) is 22.4 Å². The fraction of sp³-hybridized carbons (Fsp3) is 0.143. The lowest BCUT2D eigenvalue weighted by Gasteiger charge is -2.13. The zero-order valence-electron chi connectivity index (χ0n) is 18.8. The molecule has 2 aromatic carbocycles. The highest BCUT2D eigenvalue weighted by molar-refractivity contribution is 7.10. The molecule has 0 N–H and O–H groups in total. The van der Waals surface area contributed by atoms with E-state index >= 15 is 0 Å². The van der Waals surface area contributed by atoms with Crippen molar-refractivity contribution in [1.29, 1.82) is 0 Å². The highest BCUT2D eigenvalue weighted by Crippen LogP contribution is 2.32. The number of fused-ring (bicyclic) bond motifs is 1. The predicted molar refractivity (Wildman–Crippen MR) is 135 cm³/mol. The summed E-state index contributed by atoms with van der Waals surface area (Å²) in [6, 6.07) is 16.6. The largest absolute Gasteiger partial charge is 0.489 e. The second kappa shape index (κ2) is 9.84. The van der Waals surface area contributed by atoms with Crippen molar-refractivity contribution in [2.45, 2.75) is 20.8 Å². The van der Waals surface area contributed by atoms with Crippen LogP contribution in [0.15, 0.2) is 86.9 Å². The highest BCUT2D eigenvalue weighted by atomic mass is 32.1. The van der Waals surface area contributed by atoms with Gasteiger partial charge in [0.15, 0.2) is 16.8 Å². The van der Waals surface area contributed by atoms with Crippen molar-refractivity contribution >= 4 is 34.2 Å². The molecule has 0 unspecified atom stereocenters. The first-order valence-electron chi connectivity index (χ1n) is 10.6. The van der Waals surface area contributed by atoms with E-state index in [0.29, 0.717) is 29.1 Å². The molecule has 0 spiro atoms. The van der Waals surface area contributed by atoms with Crippen LogP contribution < -0.4 is 10.2 Å². The van der Waals surface area contributed by atoms with Crippen LogP contribution in [0.2, 0.25) is 0 Å². The Labute approximate surface area is 196 Å². The molecule has 4 rings (SSSR count). The van der Waals surface area contributed by atoms with Gasteiger partial charge in [-0.2, -0.15) is 0 Å². The number of allylic oxidation sites excluding steroid dienone is 2. The molecule has 166 valence electrons. The number of hydrogen-bond donors (Lipinski definition) is 0. The van der Waals surface area contributed by atoms with Gasteiger partial charge in [0, 0.05) is 16.0 Å². The van der Waals surface area contributed by atoms with Crippen LogP contribution >= 0.6 is 11.3 Å². The van der Waals surface area contributed by atoms with Gasteiger partial charge in [0.2, 0.25) is 0 Å². The third kappa shape index (κ3) is 4.89. The standard InChI is InChI=1S/C28H24O4S/c1-18(2)15-16-31-24-14-12-22-26(30)19(3)27(20-8-5-4-6-9-20)32-28(22)25(24)23(29)13-11-21-10-7-17-33-21/h4-15,17H,16H2,1-3H3/b13-11+. The number of ether oxygens (including phenoxy) is 1. The summed E-state index contributed by atoms with van der Waals surface area (Å²) in [5.41, 5.74) is 2.70. The molecular weight excluding hydrogens is 432 g/mol. The molecule has 2 aromatic heterocycles. The van der Waals surface area contributed by atoms with Crippen LogP contribution in [0.1, 0.15) is 34.6 Å². The Hall–Kier alpha value is -3.70. The van der Waals surface area contributed by atoms with Gasteiger partial charge in [-0.1, -0.05) is 42.0 Å². The Bertz CT molecular complexity index is 1400.